The Kier molecular flexibility index (Phi) is 6.40. The van der Waals surface area contributed by atoms with E-state index >= 15 is 0 Å². The fourth-order valence-corrected chi connectivity index (χ4v) is 3.28. The topological polar surface area (TPSA) is 199 Å². The Morgan fingerprint density at radius 3 is 2.25 bits per heavy atom. The number of sulfone groups is 1. The van der Waals surface area contributed by atoms with Crippen molar-refractivity contribution in [3.63, 3.8) is 0 Å². The first-order chi connectivity index (χ1) is 11.4. The third-order valence-corrected chi connectivity index (χ3v) is 5.28. The van der Waals surface area contributed by atoms with E-state index in [0.29, 0.717) is 6.08 Å². The Bertz CT molecular complexity index is 665. The van der Waals surface area contributed by atoms with Crippen LogP contribution in [0.5, 0.6) is 0 Å². The Morgan fingerprint density at radius 2 is 1.83 bits per heavy atom. The molecule has 0 aromatic carbocycles. The first kappa shape index (κ1) is 18.9. The third-order valence-electron chi connectivity index (χ3n) is 3.41. The highest BCUT2D eigenvalue weighted by Gasteiger charge is 2.41. The molecule has 6 N–H and O–H groups in total. The molecule has 0 aromatic heterocycles. The third kappa shape index (κ3) is 4.36. The van der Waals surface area contributed by atoms with Crippen molar-refractivity contribution in [2.45, 2.75) is 42.3 Å². The second-order valence-corrected chi connectivity index (χ2v) is 7.09. The molecular formula is C12H19NO10S. The van der Waals surface area contributed by atoms with Gasteiger partial charge in [0.1, 0.15) is 25.8 Å². The zero-order valence-corrected chi connectivity index (χ0v) is 13.0. The Balaban J connectivity index is 2.98. The van der Waals surface area contributed by atoms with Gasteiger partial charge in [0.25, 0.3) is 0 Å². The molecule has 0 aromatic rings. The van der Waals surface area contributed by atoms with Crippen molar-refractivity contribution >= 4 is 9.84 Å². The monoisotopic (exact) mass is 370 g/mol. The summed E-state index contributed by atoms with van der Waals surface area (Å²) in [5.41, 5.74) is -2.63. The quantitative estimate of drug-likeness (QED) is 0.185. The van der Waals surface area contributed by atoms with Gasteiger partial charge in [-0.05, 0) is 12.2 Å². The first-order valence-electron chi connectivity index (χ1n) is 7.17. The summed E-state index contributed by atoms with van der Waals surface area (Å²) in [6.07, 6.45) is -7.18. The second kappa shape index (κ2) is 8.11. The fraction of sp³-hybridized carbons (Fsp3) is 0.667. The molecule has 0 heterocycles. The molecule has 1 aliphatic carbocycles. The minimum atomic E-state index is -4.69. The van der Waals surface area contributed by atoms with Crippen LogP contribution in [0.4, 0.5) is 0 Å². The largest absolute Gasteiger partial charge is 0.394 e. The van der Waals surface area contributed by atoms with Gasteiger partial charge in [0.15, 0.2) is 5.44 Å². The van der Waals surface area contributed by atoms with Crippen LogP contribution < -0.4 is 0 Å². The van der Waals surface area contributed by atoms with Crippen LogP contribution in [0.15, 0.2) is 23.1 Å². The maximum atomic E-state index is 12.2. The molecule has 0 saturated carbocycles. The van der Waals surface area contributed by atoms with Crippen molar-refractivity contribution < 1.29 is 45.4 Å². The SMILES string of the molecule is [2H]C1([N+](=O)[O-])C=CC(S(=O)(=O)C(O)[C@H](O)[C@@H](O)[C@H](O)[C@H](O)CO)=CC1. The summed E-state index contributed by atoms with van der Waals surface area (Å²) in [7, 11) is -4.69. The summed E-state index contributed by atoms with van der Waals surface area (Å²) in [6.45, 7) is -0.992. The summed E-state index contributed by atoms with van der Waals surface area (Å²) < 4.78 is 31.9. The predicted molar refractivity (Wildman–Crippen MR) is 78.7 cm³/mol. The number of rotatable bonds is 8. The number of nitrogens with zero attached hydrogens (tertiary/aromatic N) is 1. The maximum Gasteiger partial charge on any atom is 0.235 e. The summed E-state index contributed by atoms with van der Waals surface area (Å²) in [5, 5.41) is 67.2. The van der Waals surface area contributed by atoms with Crippen molar-refractivity contribution in [1.29, 1.82) is 0 Å². The zero-order chi connectivity index (χ0) is 19.6. The van der Waals surface area contributed by atoms with E-state index in [1.165, 1.54) is 0 Å². The minimum Gasteiger partial charge on any atom is -0.394 e. The molecule has 12 heteroatoms. The van der Waals surface area contributed by atoms with Crippen molar-refractivity contribution in [1.82, 2.24) is 0 Å². The van der Waals surface area contributed by atoms with E-state index in [9.17, 15) is 44.1 Å². The van der Waals surface area contributed by atoms with Gasteiger partial charge in [-0.3, -0.25) is 10.1 Å². The average Bonchev–Trinajstić information content (AvgIpc) is 2.58. The zero-order valence-electron chi connectivity index (χ0n) is 13.2. The average molecular weight is 370 g/mol. The lowest BCUT2D eigenvalue weighted by Gasteiger charge is -2.28. The first-order valence-corrected chi connectivity index (χ1v) is 8.22. The van der Waals surface area contributed by atoms with Crippen LogP contribution in [0.2, 0.25) is 0 Å². The molecule has 1 rings (SSSR count). The lowest BCUT2D eigenvalue weighted by atomic mass is 10.0. The van der Waals surface area contributed by atoms with Gasteiger partial charge in [-0.15, -0.1) is 0 Å². The van der Waals surface area contributed by atoms with Gasteiger partial charge < -0.3 is 30.6 Å². The lowest BCUT2D eigenvalue weighted by molar-refractivity contribution is -0.508. The molecule has 138 valence electrons. The molecule has 0 bridgehead atoms. The number of hydrogen-bond acceptors (Lipinski definition) is 10. The van der Waals surface area contributed by atoms with Crippen LogP contribution >= 0.6 is 0 Å². The van der Waals surface area contributed by atoms with Crippen LogP contribution in [-0.4, -0.2) is 86.5 Å². The van der Waals surface area contributed by atoms with Crippen molar-refractivity contribution in [3.8, 4) is 0 Å². The number of allylic oxidation sites excluding steroid dienone is 1. The van der Waals surface area contributed by atoms with Crippen molar-refractivity contribution in [2.75, 3.05) is 6.61 Å². The molecule has 6 atom stereocenters. The van der Waals surface area contributed by atoms with Gasteiger partial charge in [-0.25, -0.2) is 8.42 Å². The molecule has 0 spiro atoms. The molecule has 24 heavy (non-hydrogen) atoms. The van der Waals surface area contributed by atoms with Crippen LogP contribution in [0.3, 0.4) is 0 Å². The van der Waals surface area contributed by atoms with Gasteiger partial charge in [0.2, 0.25) is 15.9 Å². The molecule has 0 saturated heterocycles. The molecule has 0 amide bonds. The number of aliphatic hydroxyl groups excluding tert-OH is 6. The molecule has 11 nitrogen and oxygen atoms in total. The van der Waals surface area contributed by atoms with Crippen LogP contribution in [0.1, 0.15) is 7.79 Å². The molecular weight excluding hydrogens is 350 g/mol. The molecule has 1 aliphatic rings. The lowest BCUT2D eigenvalue weighted by Crippen LogP contribution is -2.52. The fourth-order valence-electron chi connectivity index (χ4n) is 1.90. The summed E-state index contributed by atoms with van der Waals surface area (Å²) >= 11 is 0. The van der Waals surface area contributed by atoms with E-state index in [-0.39, 0.29) is 0 Å². The van der Waals surface area contributed by atoms with Crippen LogP contribution in [-0.2, 0) is 9.84 Å². The highest BCUT2D eigenvalue weighted by molar-refractivity contribution is 7.95. The Morgan fingerprint density at radius 1 is 1.25 bits per heavy atom. The number of hydrogen-bond donors (Lipinski definition) is 6. The van der Waals surface area contributed by atoms with E-state index in [4.69, 9.17) is 6.48 Å². The normalized spacial score (nSPS) is 28.2. The summed E-state index contributed by atoms with van der Waals surface area (Å²) in [4.78, 5) is 9.17. The predicted octanol–water partition coefficient (Wildman–Crippen LogP) is -3.36. The molecule has 2 unspecified atom stereocenters. The summed E-state index contributed by atoms with van der Waals surface area (Å²) in [6, 6.07) is -2.26. The van der Waals surface area contributed by atoms with Gasteiger partial charge in [-0.2, -0.15) is 0 Å². The van der Waals surface area contributed by atoms with Gasteiger partial charge in [-0.1, -0.05) is 6.08 Å². The van der Waals surface area contributed by atoms with Gasteiger partial charge in [0, 0.05) is 11.3 Å². The Hall–Kier alpha value is -1.41. The van der Waals surface area contributed by atoms with Gasteiger partial charge >= 0.3 is 0 Å². The van der Waals surface area contributed by atoms with Gasteiger partial charge in [0.05, 0.1) is 11.5 Å². The minimum absolute atomic E-state index is 0.609. The van der Waals surface area contributed by atoms with Crippen molar-refractivity contribution in [3.05, 3.63) is 33.2 Å². The standard InChI is InChI=1S/C12H19NO10S/c14-5-8(15)9(16)10(17)11(18)12(19)24(22,23)7-3-1-6(2-4-7)13(20)21/h1,3-4,6,8-12,14-19H,2,5H2/t6?,8-,9-,10+,11-,12?/m1/s1/i6D. The van der Waals surface area contributed by atoms with Crippen LogP contribution in [0.25, 0.3) is 0 Å². The molecule has 0 radical (unpaired) electrons. The highest BCUT2D eigenvalue weighted by Crippen LogP contribution is 2.23. The number of nitro groups is 1. The number of aliphatic hydroxyl groups is 6. The maximum absolute atomic E-state index is 12.2. The van der Waals surface area contributed by atoms with E-state index < -0.39 is 68.6 Å². The summed E-state index contributed by atoms with van der Waals surface area (Å²) in [5.74, 6) is 0. The van der Waals surface area contributed by atoms with E-state index in [0.717, 1.165) is 12.2 Å². The second-order valence-electron chi connectivity index (χ2n) is 5.05. The van der Waals surface area contributed by atoms with Crippen LogP contribution in [0, 0.1) is 10.1 Å². The van der Waals surface area contributed by atoms with E-state index in [1.54, 1.807) is 0 Å². The highest BCUT2D eigenvalue weighted by atomic mass is 32.2. The molecule has 0 aliphatic heterocycles. The van der Waals surface area contributed by atoms with Crippen molar-refractivity contribution in [2.24, 2.45) is 0 Å². The Labute approximate surface area is 138 Å². The molecule has 0 fully saturated rings. The van der Waals surface area contributed by atoms with E-state index in [2.05, 4.69) is 0 Å². The smallest absolute Gasteiger partial charge is 0.235 e. The van der Waals surface area contributed by atoms with E-state index in [1.807, 2.05) is 0 Å².